The number of nitrogens with zero attached hydrogens (tertiary/aromatic N) is 1. The summed E-state index contributed by atoms with van der Waals surface area (Å²) in [5.74, 6) is -2.08. The van der Waals surface area contributed by atoms with Crippen molar-refractivity contribution in [2.75, 3.05) is 38.3 Å². The van der Waals surface area contributed by atoms with Crippen molar-refractivity contribution in [1.29, 1.82) is 0 Å². The number of β-lactam (4-membered cyclic amide) rings is 1. The largest absolute Gasteiger partial charge is 1.00 e. The van der Waals surface area contributed by atoms with Gasteiger partial charge in [0.25, 0.3) is 0 Å². The number of anilines is 1. The number of benzene rings is 1. The van der Waals surface area contributed by atoms with Gasteiger partial charge in [0, 0.05) is 18.7 Å². The van der Waals surface area contributed by atoms with E-state index in [2.05, 4.69) is 50.6 Å². The van der Waals surface area contributed by atoms with Crippen LogP contribution in [0, 0.1) is 5.41 Å². The number of rotatable bonds is 14. The van der Waals surface area contributed by atoms with Crippen LogP contribution in [-0.4, -0.2) is 79.7 Å². The second kappa shape index (κ2) is 19.3. The van der Waals surface area contributed by atoms with E-state index in [0.717, 1.165) is 5.56 Å². The van der Waals surface area contributed by atoms with Crippen molar-refractivity contribution in [3.05, 3.63) is 29.8 Å². The number of aliphatic carboxylic acids is 1. The number of aryl methyl sites for hydroxylation is 1. The molecule has 0 aliphatic carbocycles. The molecule has 3 rings (SSSR count). The van der Waals surface area contributed by atoms with Crippen molar-refractivity contribution in [3.8, 4) is 0 Å². The maximum atomic E-state index is 12.5. The van der Waals surface area contributed by atoms with E-state index in [1.807, 2.05) is 12.1 Å². The minimum atomic E-state index is -1.27. The van der Waals surface area contributed by atoms with Crippen LogP contribution >= 0.6 is 40.0 Å². The molecule has 2 aliphatic rings. The van der Waals surface area contributed by atoms with E-state index < -0.39 is 23.5 Å². The Morgan fingerprint density at radius 1 is 1.07 bits per heavy atom. The Kier molecular flexibility index (Phi) is 18.4. The maximum absolute atomic E-state index is 12.5. The number of nitrogens with one attached hydrogen (secondary N) is 2. The summed E-state index contributed by atoms with van der Waals surface area (Å²) in [6.45, 7) is 5.66. The summed E-state index contributed by atoms with van der Waals surface area (Å²) in [4.78, 5) is 49.8. The third-order valence-corrected chi connectivity index (χ3v) is 6.54. The summed E-state index contributed by atoms with van der Waals surface area (Å²) in [5, 5.41) is 17.0. The molecular formula is C25H35I2N4NaO7V. The monoisotopic (exact) mass is 831 g/mol. The Labute approximate surface area is 286 Å². The quantitative estimate of drug-likeness (QED) is 0.0837. The molecule has 11 nitrogen and oxygen atoms in total. The number of carbonyl (C=O) groups is 4. The van der Waals surface area contributed by atoms with Gasteiger partial charge in [-0.3, -0.25) is 14.4 Å². The first-order valence-corrected chi connectivity index (χ1v) is 21.6. The Hall–Kier alpha value is 0.0244. The number of fused-ring (bicyclic) bond motifs is 1. The van der Waals surface area contributed by atoms with Crippen LogP contribution in [-0.2, 0) is 44.5 Å². The van der Waals surface area contributed by atoms with Gasteiger partial charge in [-0.25, -0.2) is 0 Å². The standard InChI is InChI=1S/C25H36N4O7.2HI.Na.V/c1-25(2)15-18-21(23(32)29(18)22(25)24(33)34)28-19(30)8-5-16-3-6-17(7-4-16)27-20(31)9-11-35-13-14-36-12-10-26;;;;/h3-4,6-7,18,21-22H,5,8-15,26H2,1-2H3,(H,27,31)(H,28,30)(H,33,34);2*1H;;/q;;;+1;+2/p-3/t18-,21+,22+;;;;/m1..../s1. The second-order valence-electron chi connectivity index (χ2n) is 9.84. The molecule has 3 amide bonds. The normalized spacial score (nSPS) is 20.2. The molecule has 1 aromatic carbocycles. The predicted octanol–water partition coefficient (Wildman–Crippen LogP) is -2.04. The molecule has 2 fully saturated rings. The number of hydrogen-bond acceptors (Lipinski definition) is 8. The van der Waals surface area contributed by atoms with Crippen molar-refractivity contribution in [3.63, 3.8) is 0 Å². The summed E-state index contributed by atoms with van der Waals surface area (Å²) in [6, 6.07) is 5.19. The first-order chi connectivity index (χ1) is 18.5. The summed E-state index contributed by atoms with van der Waals surface area (Å²) in [6.07, 6.45) is 1.35. The summed E-state index contributed by atoms with van der Waals surface area (Å²) in [7, 11) is 0.628. The van der Waals surface area contributed by atoms with Gasteiger partial charge in [-0.1, -0.05) is 26.0 Å². The zero-order valence-corrected chi connectivity index (χ0v) is 30.7. The zero-order valence-electron chi connectivity index (χ0n) is 23.0. The van der Waals surface area contributed by atoms with Gasteiger partial charge in [0.1, 0.15) is 6.04 Å². The van der Waals surface area contributed by atoms with Gasteiger partial charge >= 0.3 is 79.0 Å². The number of ether oxygens (including phenoxy) is 2. The third-order valence-electron chi connectivity index (χ3n) is 6.54. The van der Waals surface area contributed by atoms with E-state index >= 15 is 0 Å². The second-order valence-corrected chi connectivity index (χ2v) is 21.6. The van der Waals surface area contributed by atoms with E-state index in [1.54, 1.807) is 26.0 Å². The van der Waals surface area contributed by atoms with Gasteiger partial charge in [0.15, 0.2) is 0 Å². The summed E-state index contributed by atoms with van der Waals surface area (Å²) >= 11 is 4.74. The van der Waals surface area contributed by atoms with Crippen LogP contribution in [0.4, 0.5) is 5.69 Å². The van der Waals surface area contributed by atoms with E-state index in [4.69, 9.17) is 15.2 Å². The average Bonchev–Trinajstić information content (AvgIpc) is 3.14. The molecule has 0 unspecified atom stereocenters. The molecule has 2 saturated heterocycles. The molecule has 40 heavy (non-hydrogen) atoms. The summed E-state index contributed by atoms with van der Waals surface area (Å²) < 4.78 is 10.5. The predicted molar refractivity (Wildman–Crippen MR) is 156 cm³/mol. The van der Waals surface area contributed by atoms with Crippen molar-refractivity contribution < 1.29 is 72.8 Å². The average molecular weight is 831 g/mol. The molecular weight excluding hydrogens is 796 g/mol. The molecule has 15 heteroatoms. The number of nitrogens with two attached hydrogens (primary N) is 1. The van der Waals surface area contributed by atoms with Gasteiger partial charge in [0.05, 0.1) is 50.9 Å². The molecule has 2 aliphatic heterocycles. The topological polar surface area (TPSA) is 163 Å². The summed E-state index contributed by atoms with van der Waals surface area (Å²) in [5.41, 5.74) is 6.26. The van der Waals surface area contributed by atoms with E-state index in [0.29, 0.717) is 61.0 Å². The molecule has 1 aromatic rings. The van der Waals surface area contributed by atoms with Crippen molar-refractivity contribution >= 4 is 69.3 Å². The Bertz CT molecular complexity index is 990. The smallest absolute Gasteiger partial charge is 1.00 e. The van der Waals surface area contributed by atoms with Gasteiger partial charge in [-0.2, -0.15) is 0 Å². The minimum absolute atomic E-state index is 0. The van der Waals surface area contributed by atoms with Crippen LogP contribution in [0.2, 0.25) is 0 Å². The fraction of sp³-hybridized carbons (Fsp3) is 0.600. The van der Waals surface area contributed by atoms with E-state index in [1.165, 1.54) is 4.90 Å². The molecule has 0 spiro atoms. The van der Waals surface area contributed by atoms with Gasteiger partial charge in [-0.15, -0.1) is 0 Å². The number of carboxylic acid groups (broad SMARTS) is 1. The molecule has 0 saturated carbocycles. The SMILES string of the molecule is CC1(C)C[C@@H]2[C@H](NC(=O)CCc3ccc(NC(=O)CCOCCOCCN)cc3)C(=O)N2[C@H]1C(=O)[O-].[I][V][I].[Na+]. The number of halogens is 2. The van der Waals surface area contributed by atoms with Crippen LogP contribution in [0.5, 0.6) is 0 Å². The van der Waals surface area contributed by atoms with Crippen LogP contribution < -0.4 is 51.0 Å². The number of hydrogen-bond donors (Lipinski definition) is 3. The molecule has 2 heterocycles. The van der Waals surface area contributed by atoms with E-state index in [-0.39, 0.29) is 66.2 Å². The maximum Gasteiger partial charge on any atom is 1.00 e. The number of amides is 3. The molecule has 0 aromatic heterocycles. The third kappa shape index (κ3) is 11.6. The van der Waals surface area contributed by atoms with Crippen molar-refractivity contribution in [1.82, 2.24) is 10.2 Å². The Balaban J connectivity index is 0.00000191. The fourth-order valence-electron chi connectivity index (χ4n) is 4.77. The van der Waals surface area contributed by atoms with Crippen LogP contribution in [0.1, 0.15) is 38.7 Å². The first kappa shape index (κ1) is 38.0. The molecule has 0 radical (unpaired) electrons. The Morgan fingerprint density at radius 3 is 2.25 bits per heavy atom. The van der Waals surface area contributed by atoms with Crippen LogP contribution in [0.3, 0.4) is 0 Å². The minimum Gasteiger partial charge on any atom is 1.00 e. The fourth-order valence-corrected chi connectivity index (χ4v) is 4.77. The molecule has 217 valence electrons. The zero-order chi connectivity index (χ0) is 29.0. The molecule has 0 bridgehead atoms. The van der Waals surface area contributed by atoms with Crippen LogP contribution in [0.25, 0.3) is 0 Å². The molecule has 4 N–H and O–H groups in total. The number of carbonyl (C=O) groups excluding carboxylic acids is 4. The van der Waals surface area contributed by atoms with Gasteiger partial charge in [0.2, 0.25) is 17.7 Å². The van der Waals surface area contributed by atoms with Crippen molar-refractivity contribution in [2.45, 2.75) is 57.7 Å². The van der Waals surface area contributed by atoms with Crippen LogP contribution in [0.15, 0.2) is 24.3 Å². The van der Waals surface area contributed by atoms with Gasteiger partial charge in [-0.05, 0) is 36.0 Å². The molecule has 3 atom stereocenters. The Morgan fingerprint density at radius 2 is 1.68 bits per heavy atom. The van der Waals surface area contributed by atoms with Crippen molar-refractivity contribution in [2.24, 2.45) is 11.1 Å². The first-order valence-electron chi connectivity index (χ1n) is 12.5. The number of carboxylic acids is 1. The van der Waals surface area contributed by atoms with Gasteiger partial charge < -0.3 is 40.6 Å². The van der Waals surface area contributed by atoms with E-state index in [9.17, 15) is 24.3 Å².